The molecular weight excluding hydrogens is 636 g/mol. The lowest BCUT2D eigenvalue weighted by Crippen LogP contribution is -2.43. The number of aliphatic carboxylic acids is 1. The third-order valence-corrected chi connectivity index (χ3v) is 12.1. The van der Waals surface area contributed by atoms with E-state index >= 15 is 0 Å². The number of hydrogen-bond donors (Lipinski definition) is 1. The summed E-state index contributed by atoms with van der Waals surface area (Å²) in [4.78, 5) is 32.8. The van der Waals surface area contributed by atoms with E-state index < -0.39 is 26.4 Å². The van der Waals surface area contributed by atoms with Crippen LogP contribution in [-0.4, -0.2) is 88.2 Å². The van der Waals surface area contributed by atoms with E-state index in [1.807, 2.05) is 24.3 Å². The highest BCUT2D eigenvalue weighted by Crippen LogP contribution is 2.38. The van der Waals surface area contributed by atoms with Gasteiger partial charge in [0.25, 0.3) is 0 Å². The van der Waals surface area contributed by atoms with Crippen LogP contribution < -0.4 is 13.9 Å². The zero-order chi connectivity index (χ0) is 35.2. The first-order chi connectivity index (χ1) is 22.8. The van der Waals surface area contributed by atoms with Gasteiger partial charge in [-0.2, -0.15) is 0 Å². The summed E-state index contributed by atoms with van der Waals surface area (Å²) in [5, 5.41) is 9.70. The minimum atomic E-state index is -2.19. The van der Waals surface area contributed by atoms with Crippen LogP contribution in [0.3, 0.4) is 0 Å². The second-order valence-corrected chi connectivity index (χ2v) is 17.2. The number of methoxy groups -OCH3 is 1. The molecule has 0 saturated heterocycles. The van der Waals surface area contributed by atoms with Crippen LogP contribution in [0.15, 0.2) is 54.7 Å². The molecule has 0 aliphatic heterocycles. The largest absolute Gasteiger partial charge is 0.543 e. The highest BCUT2D eigenvalue weighted by molar-refractivity contribution is 6.74. The summed E-state index contributed by atoms with van der Waals surface area (Å²) in [7, 11) is -0.568. The molecule has 262 valence electrons. The van der Waals surface area contributed by atoms with Gasteiger partial charge in [-0.05, 0) is 54.5 Å². The molecule has 0 bridgehead atoms. The molecule has 3 rings (SSSR count). The Morgan fingerprint density at radius 2 is 1.58 bits per heavy atom. The molecule has 3 aromatic rings. The van der Waals surface area contributed by atoms with Crippen molar-refractivity contribution in [1.29, 1.82) is 0 Å². The van der Waals surface area contributed by atoms with Gasteiger partial charge in [0.1, 0.15) is 30.5 Å². The van der Waals surface area contributed by atoms with Crippen molar-refractivity contribution < 1.29 is 47.5 Å². The lowest BCUT2D eigenvalue weighted by Gasteiger charge is -2.36. The number of rotatable bonds is 20. The molecule has 48 heavy (non-hydrogen) atoms. The summed E-state index contributed by atoms with van der Waals surface area (Å²) >= 11 is 0. The average Bonchev–Trinajstić information content (AvgIpc) is 3.02. The molecule has 0 spiro atoms. The fraction of sp³-hybridized carbons (Fsp3) is 0.486. The summed E-state index contributed by atoms with van der Waals surface area (Å²) in [6.07, 6.45) is 0.140. The third kappa shape index (κ3) is 12.2. The maximum atomic E-state index is 11.9. The molecule has 1 N–H and O–H groups in total. The monoisotopic (exact) mass is 684 g/mol. The van der Waals surface area contributed by atoms with Crippen LogP contribution in [0.2, 0.25) is 18.1 Å². The molecule has 13 heteroatoms. The van der Waals surface area contributed by atoms with Gasteiger partial charge in [0, 0.05) is 32.2 Å². The van der Waals surface area contributed by atoms with Gasteiger partial charge in [-0.1, -0.05) is 32.9 Å². The number of carbonyl (C=O) groups is 2. The van der Waals surface area contributed by atoms with Gasteiger partial charge in [0.15, 0.2) is 5.82 Å². The lowest BCUT2D eigenvalue weighted by molar-refractivity contribution is -0.162. The summed E-state index contributed by atoms with van der Waals surface area (Å²) in [6, 6.07) is 14.5. The topological polar surface area (TPSA) is 145 Å². The Bertz CT molecular complexity index is 1480. The Hall–Kier alpha value is -4.04. The standard InChI is InChI=1S/C35H48N2O10Si/c1-25(38)46-32(34(39)40)23-26-22-28(47-48(6,7)35(2,3)4)12-13-30(26)45-24-27-14-15-36-33(37-27)29-10-8-9-11-31(29)44-21-20-43-19-18-42-17-16-41-5/h8-15,22,32H,16-21,23-24H2,1-7H3,(H,39,40). The van der Waals surface area contributed by atoms with Crippen LogP contribution in [0.4, 0.5) is 0 Å². The molecule has 1 unspecified atom stereocenters. The number of aromatic nitrogens is 2. The number of nitrogens with zero attached hydrogens (tertiary/aromatic N) is 2. The van der Waals surface area contributed by atoms with E-state index in [1.54, 1.807) is 37.6 Å². The molecule has 1 aromatic heterocycles. The van der Waals surface area contributed by atoms with Crippen molar-refractivity contribution in [2.45, 2.75) is 65.0 Å². The summed E-state index contributed by atoms with van der Waals surface area (Å²) in [6.45, 7) is 14.6. The number of carbonyl (C=O) groups excluding carboxylic acids is 1. The van der Waals surface area contributed by atoms with Gasteiger partial charge < -0.3 is 38.0 Å². The van der Waals surface area contributed by atoms with E-state index in [0.717, 1.165) is 0 Å². The molecule has 1 atom stereocenters. The van der Waals surface area contributed by atoms with Crippen molar-refractivity contribution in [3.05, 3.63) is 66.0 Å². The minimum absolute atomic E-state index is 0.0503. The summed E-state index contributed by atoms with van der Waals surface area (Å²) in [5.41, 5.74) is 1.83. The Morgan fingerprint density at radius 1 is 0.896 bits per heavy atom. The van der Waals surface area contributed by atoms with Crippen molar-refractivity contribution >= 4 is 20.3 Å². The average molecular weight is 685 g/mol. The predicted octanol–water partition coefficient (Wildman–Crippen LogP) is 5.72. The lowest BCUT2D eigenvalue weighted by atomic mass is 10.1. The van der Waals surface area contributed by atoms with E-state index in [0.29, 0.717) is 79.5 Å². The molecular formula is C35H48N2O10Si. The minimum Gasteiger partial charge on any atom is -0.543 e. The highest BCUT2D eigenvalue weighted by atomic mass is 28.4. The number of esters is 1. The second-order valence-electron chi connectivity index (χ2n) is 12.5. The normalized spacial score (nSPS) is 12.3. The maximum Gasteiger partial charge on any atom is 0.345 e. The molecule has 0 aliphatic carbocycles. The fourth-order valence-corrected chi connectivity index (χ4v) is 5.18. The van der Waals surface area contributed by atoms with Crippen molar-refractivity contribution in [2.75, 3.05) is 46.8 Å². The molecule has 0 fully saturated rings. The van der Waals surface area contributed by atoms with Gasteiger partial charge in [-0.3, -0.25) is 4.79 Å². The third-order valence-electron chi connectivity index (χ3n) is 7.71. The molecule has 1 heterocycles. The van der Waals surface area contributed by atoms with Crippen LogP contribution >= 0.6 is 0 Å². The van der Waals surface area contributed by atoms with Crippen LogP contribution in [0.1, 0.15) is 39.0 Å². The van der Waals surface area contributed by atoms with E-state index in [1.165, 1.54) is 6.92 Å². The van der Waals surface area contributed by atoms with Crippen LogP contribution in [0.25, 0.3) is 11.4 Å². The Kier molecular flexibility index (Phi) is 14.8. The number of ether oxygens (including phenoxy) is 6. The van der Waals surface area contributed by atoms with Gasteiger partial charge in [-0.25, -0.2) is 14.8 Å². The second kappa shape index (κ2) is 18.5. The first-order valence-electron chi connectivity index (χ1n) is 15.8. The van der Waals surface area contributed by atoms with Crippen molar-refractivity contribution in [1.82, 2.24) is 9.97 Å². The molecule has 0 amide bonds. The Labute approximate surface area is 283 Å². The number of carboxylic acid groups (broad SMARTS) is 1. The SMILES string of the molecule is COCCOCCOCCOc1ccccc1-c1nccc(COc2ccc(O[Si](C)(C)C(C)(C)C)cc2CC(OC(C)=O)C(=O)O)n1. The van der Waals surface area contributed by atoms with Crippen molar-refractivity contribution in [3.63, 3.8) is 0 Å². The zero-order valence-electron chi connectivity index (χ0n) is 28.9. The van der Waals surface area contributed by atoms with E-state index in [-0.39, 0.29) is 18.1 Å². The Balaban J connectivity index is 1.74. The smallest absolute Gasteiger partial charge is 0.345 e. The predicted molar refractivity (Wildman–Crippen MR) is 182 cm³/mol. The Morgan fingerprint density at radius 3 is 2.25 bits per heavy atom. The van der Waals surface area contributed by atoms with E-state index in [9.17, 15) is 14.7 Å². The van der Waals surface area contributed by atoms with Gasteiger partial charge in [0.2, 0.25) is 14.4 Å². The maximum absolute atomic E-state index is 11.9. The van der Waals surface area contributed by atoms with Gasteiger partial charge in [0.05, 0.1) is 44.3 Å². The van der Waals surface area contributed by atoms with E-state index in [2.05, 4.69) is 38.8 Å². The van der Waals surface area contributed by atoms with Gasteiger partial charge >= 0.3 is 11.9 Å². The molecule has 0 radical (unpaired) electrons. The van der Waals surface area contributed by atoms with Crippen molar-refractivity contribution in [3.8, 4) is 28.6 Å². The number of para-hydroxylation sites is 1. The van der Waals surface area contributed by atoms with E-state index in [4.69, 9.17) is 37.8 Å². The first kappa shape index (κ1) is 38.4. The van der Waals surface area contributed by atoms with Crippen LogP contribution in [-0.2, 0) is 41.6 Å². The van der Waals surface area contributed by atoms with Crippen LogP contribution in [0, 0.1) is 0 Å². The molecule has 12 nitrogen and oxygen atoms in total. The summed E-state index contributed by atoms with van der Waals surface area (Å²) < 4.78 is 39.6. The number of hydrogen-bond acceptors (Lipinski definition) is 11. The molecule has 0 aliphatic rings. The number of carboxylic acids is 1. The molecule has 2 aromatic carbocycles. The highest BCUT2D eigenvalue weighted by Gasteiger charge is 2.39. The first-order valence-corrected chi connectivity index (χ1v) is 18.7. The van der Waals surface area contributed by atoms with Crippen molar-refractivity contribution in [2.24, 2.45) is 0 Å². The quantitative estimate of drug-likeness (QED) is 0.0882. The van der Waals surface area contributed by atoms with Gasteiger partial charge in [-0.15, -0.1) is 0 Å². The number of benzene rings is 2. The summed E-state index contributed by atoms with van der Waals surface area (Å²) in [5.74, 6) is 0.138. The molecule has 0 saturated carbocycles. The van der Waals surface area contributed by atoms with Crippen LogP contribution in [0.5, 0.6) is 17.2 Å². The fourth-order valence-electron chi connectivity index (χ4n) is 4.16. The zero-order valence-corrected chi connectivity index (χ0v) is 29.9.